The Hall–Kier alpha value is -3.54. The molecular weight excluding hydrogens is 514 g/mol. The second-order valence-corrected chi connectivity index (χ2v) is 11.1. The Morgan fingerprint density at radius 3 is 1.69 bits per heavy atom. The molecule has 0 aliphatic rings. The first kappa shape index (κ1) is 33.5. The van der Waals surface area contributed by atoms with Gasteiger partial charge in [-0.15, -0.1) is 0 Å². The summed E-state index contributed by atoms with van der Waals surface area (Å²) >= 11 is 0. The van der Waals surface area contributed by atoms with E-state index in [1.807, 2.05) is 0 Å². The van der Waals surface area contributed by atoms with Crippen LogP contribution in [0.25, 0.3) is 0 Å². The number of nitrogens with two attached hydrogens (primary N) is 1. The predicted molar refractivity (Wildman–Crippen MR) is 140 cm³/mol. The van der Waals surface area contributed by atoms with Crippen LogP contribution in [0.5, 0.6) is 11.5 Å². The lowest BCUT2D eigenvalue weighted by Crippen LogP contribution is -2.39. The van der Waals surface area contributed by atoms with E-state index in [1.165, 1.54) is 18.2 Å². The van der Waals surface area contributed by atoms with Gasteiger partial charge < -0.3 is 38.9 Å². The van der Waals surface area contributed by atoms with Crippen LogP contribution >= 0.6 is 0 Å². The Balaban J connectivity index is 2.98. The quantitative estimate of drug-likeness (QED) is 0.245. The molecule has 12 heteroatoms. The highest BCUT2D eigenvalue weighted by Gasteiger charge is 2.27. The van der Waals surface area contributed by atoms with Gasteiger partial charge in [-0.05, 0) is 93.4 Å². The molecule has 12 nitrogen and oxygen atoms in total. The van der Waals surface area contributed by atoms with Crippen LogP contribution in [-0.2, 0) is 34.9 Å². The maximum Gasteiger partial charge on any atom is 0.514 e. The third-order valence-electron chi connectivity index (χ3n) is 4.51. The summed E-state index contributed by atoms with van der Waals surface area (Å²) in [6.07, 6.45) is -4.89. The number of hydrogen-bond donors (Lipinski definition) is 1. The molecule has 1 unspecified atom stereocenters. The second kappa shape index (κ2) is 14.0. The van der Waals surface area contributed by atoms with Crippen molar-refractivity contribution in [2.75, 3.05) is 0 Å². The number of benzene rings is 1. The van der Waals surface area contributed by atoms with Crippen molar-refractivity contribution in [3.63, 3.8) is 0 Å². The topological polar surface area (TPSA) is 159 Å². The van der Waals surface area contributed by atoms with Gasteiger partial charge >= 0.3 is 24.4 Å². The zero-order valence-electron chi connectivity index (χ0n) is 24.3. The van der Waals surface area contributed by atoms with Crippen molar-refractivity contribution in [2.24, 2.45) is 5.73 Å². The Morgan fingerprint density at radius 2 is 1.21 bits per heavy atom. The van der Waals surface area contributed by atoms with Gasteiger partial charge in [0, 0.05) is 0 Å². The molecule has 3 atom stereocenters. The minimum absolute atomic E-state index is 0.0203. The Kier molecular flexibility index (Phi) is 12.0. The van der Waals surface area contributed by atoms with Crippen molar-refractivity contribution < 1.29 is 52.3 Å². The first-order valence-electron chi connectivity index (χ1n) is 12.5. The molecule has 39 heavy (non-hydrogen) atoms. The molecule has 0 aliphatic carbocycles. The van der Waals surface area contributed by atoms with Crippen molar-refractivity contribution >= 4 is 24.4 Å². The van der Waals surface area contributed by atoms with E-state index in [4.69, 9.17) is 38.9 Å². The standard InChI is InChI=1S/C27H41NO11/c1-15(2)33-23(30)35-17(4)16(3)34-22(29)19(28)13-18-11-12-20(36-24(31)38-26(5,6)7)21(14-18)37-25(32)39-27(8,9)10/h11-12,14-17,19H,13,28H2,1-10H3/t16-,17?,19-/m0/s1. The average Bonchev–Trinajstić information content (AvgIpc) is 2.71. The number of rotatable bonds is 9. The fraction of sp³-hybridized carbons (Fsp3) is 0.630. The number of hydrogen-bond acceptors (Lipinski definition) is 12. The molecule has 0 saturated carbocycles. The van der Waals surface area contributed by atoms with Crippen LogP contribution in [0, 0.1) is 0 Å². The normalized spacial score (nSPS) is 13.9. The van der Waals surface area contributed by atoms with E-state index in [1.54, 1.807) is 69.2 Å². The summed E-state index contributed by atoms with van der Waals surface area (Å²) in [5, 5.41) is 0. The maximum atomic E-state index is 12.6. The highest BCUT2D eigenvalue weighted by molar-refractivity contribution is 5.76. The molecule has 220 valence electrons. The first-order valence-corrected chi connectivity index (χ1v) is 12.5. The molecule has 0 bridgehead atoms. The third kappa shape index (κ3) is 13.7. The zero-order chi connectivity index (χ0) is 30.1. The van der Waals surface area contributed by atoms with Gasteiger partial charge in [0.25, 0.3) is 0 Å². The van der Waals surface area contributed by atoms with E-state index in [9.17, 15) is 19.2 Å². The van der Waals surface area contributed by atoms with Gasteiger partial charge in [0.15, 0.2) is 11.5 Å². The van der Waals surface area contributed by atoms with E-state index in [0.29, 0.717) is 5.56 Å². The molecular formula is C27H41NO11. The van der Waals surface area contributed by atoms with Gasteiger partial charge in [0.2, 0.25) is 0 Å². The van der Waals surface area contributed by atoms with Crippen LogP contribution in [0.15, 0.2) is 18.2 Å². The van der Waals surface area contributed by atoms with Crippen molar-refractivity contribution in [1.29, 1.82) is 0 Å². The molecule has 2 N–H and O–H groups in total. The average molecular weight is 556 g/mol. The monoisotopic (exact) mass is 555 g/mol. The summed E-state index contributed by atoms with van der Waals surface area (Å²) in [5.74, 6) is -1.01. The van der Waals surface area contributed by atoms with Gasteiger partial charge in [-0.2, -0.15) is 0 Å². The van der Waals surface area contributed by atoms with Gasteiger partial charge in [0.05, 0.1) is 6.10 Å². The first-order chi connectivity index (χ1) is 17.8. The SMILES string of the molecule is CC(C)OC(=O)OC(C)[C@H](C)OC(=O)[C@@H](N)Cc1ccc(OC(=O)OC(C)(C)C)c(OC(=O)OC(C)(C)C)c1. The maximum absolute atomic E-state index is 12.6. The second-order valence-electron chi connectivity index (χ2n) is 11.1. The van der Waals surface area contributed by atoms with Crippen LogP contribution in [-0.4, -0.2) is 60.0 Å². The number of ether oxygens (including phenoxy) is 7. The summed E-state index contributed by atoms with van der Waals surface area (Å²) in [6.45, 7) is 16.4. The lowest BCUT2D eigenvalue weighted by molar-refractivity contribution is -0.155. The van der Waals surface area contributed by atoms with Gasteiger partial charge in [-0.25, -0.2) is 14.4 Å². The Labute approximate surface area is 229 Å². The van der Waals surface area contributed by atoms with E-state index in [2.05, 4.69) is 0 Å². The lowest BCUT2D eigenvalue weighted by atomic mass is 10.1. The number of carbonyl (C=O) groups excluding carboxylic acids is 4. The Bertz CT molecular complexity index is 1010. The smallest absolute Gasteiger partial charge is 0.458 e. The summed E-state index contributed by atoms with van der Waals surface area (Å²) in [4.78, 5) is 48.7. The number of carbonyl (C=O) groups is 4. The third-order valence-corrected chi connectivity index (χ3v) is 4.51. The molecule has 1 aromatic carbocycles. The molecule has 0 aromatic heterocycles. The van der Waals surface area contributed by atoms with E-state index >= 15 is 0 Å². The molecule has 0 heterocycles. The fourth-order valence-corrected chi connectivity index (χ4v) is 2.74. The summed E-state index contributed by atoms with van der Waals surface area (Å²) in [5.41, 5.74) is 4.86. The highest BCUT2D eigenvalue weighted by Crippen LogP contribution is 2.31. The van der Waals surface area contributed by atoms with Crippen LogP contribution in [0.1, 0.15) is 74.8 Å². The van der Waals surface area contributed by atoms with E-state index in [0.717, 1.165) is 0 Å². The molecule has 0 aliphatic heterocycles. The minimum atomic E-state index is -1.12. The van der Waals surface area contributed by atoms with Gasteiger partial charge in [-0.3, -0.25) is 4.79 Å². The predicted octanol–water partition coefficient (Wildman–Crippen LogP) is 5.07. The Morgan fingerprint density at radius 1 is 0.718 bits per heavy atom. The molecule has 0 spiro atoms. The van der Waals surface area contributed by atoms with Crippen molar-refractivity contribution in [2.45, 2.75) is 111 Å². The molecule has 0 saturated heterocycles. The van der Waals surface area contributed by atoms with E-state index in [-0.39, 0.29) is 24.0 Å². The van der Waals surface area contributed by atoms with Crippen LogP contribution in [0.3, 0.4) is 0 Å². The largest absolute Gasteiger partial charge is 0.514 e. The van der Waals surface area contributed by atoms with Gasteiger partial charge in [0.1, 0.15) is 29.5 Å². The number of esters is 1. The zero-order valence-corrected chi connectivity index (χ0v) is 24.3. The summed E-state index contributed by atoms with van der Waals surface area (Å²) < 4.78 is 36.2. The molecule has 1 aromatic rings. The van der Waals surface area contributed by atoms with Gasteiger partial charge in [-0.1, -0.05) is 6.07 Å². The van der Waals surface area contributed by atoms with Crippen LogP contribution in [0.2, 0.25) is 0 Å². The minimum Gasteiger partial charge on any atom is -0.458 e. The molecule has 0 fully saturated rings. The highest BCUT2D eigenvalue weighted by atomic mass is 16.8. The van der Waals surface area contributed by atoms with Crippen LogP contribution < -0.4 is 15.2 Å². The summed E-state index contributed by atoms with van der Waals surface area (Å²) in [7, 11) is 0. The van der Waals surface area contributed by atoms with E-state index < -0.39 is 53.9 Å². The molecule has 1 rings (SSSR count). The lowest BCUT2D eigenvalue weighted by Gasteiger charge is -2.23. The van der Waals surface area contributed by atoms with Crippen molar-refractivity contribution in [1.82, 2.24) is 0 Å². The summed E-state index contributed by atoms with van der Waals surface area (Å²) in [6, 6.07) is 3.17. The van der Waals surface area contributed by atoms with Crippen LogP contribution in [0.4, 0.5) is 14.4 Å². The fourth-order valence-electron chi connectivity index (χ4n) is 2.74. The van der Waals surface area contributed by atoms with Crippen molar-refractivity contribution in [3.8, 4) is 11.5 Å². The van der Waals surface area contributed by atoms with Crippen molar-refractivity contribution in [3.05, 3.63) is 23.8 Å². The molecule has 0 radical (unpaired) electrons. The molecule has 0 amide bonds.